The highest BCUT2D eigenvalue weighted by molar-refractivity contribution is 7.13. The summed E-state index contributed by atoms with van der Waals surface area (Å²) < 4.78 is 2.15. The lowest BCUT2D eigenvalue weighted by Gasteiger charge is -2.09. The fourth-order valence-electron chi connectivity index (χ4n) is 2.45. The molecule has 4 heteroatoms. The van der Waals surface area contributed by atoms with Crippen LogP contribution in [0, 0.1) is 6.92 Å². The molecule has 0 saturated heterocycles. The maximum atomic E-state index is 9.10. The lowest BCUT2D eigenvalue weighted by Crippen LogP contribution is -2.01. The zero-order valence-electron chi connectivity index (χ0n) is 12.0. The topological polar surface area (TPSA) is 38.0 Å². The molecular weight excluding hydrogens is 280 g/mol. The van der Waals surface area contributed by atoms with Crippen LogP contribution in [0.25, 0.3) is 21.8 Å². The molecule has 1 aromatic carbocycles. The number of aliphatic hydroxyl groups is 1. The van der Waals surface area contributed by atoms with E-state index < -0.39 is 0 Å². The van der Waals surface area contributed by atoms with Gasteiger partial charge in [0.1, 0.15) is 0 Å². The molecule has 3 nitrogen and oxygen atoms in total. The fraction of sp³-hybridized carbons (Fsp3) is 0.235. The van der Waals surface area contributed by atoms with Gasteiger partial charge in [-0.2, -0.15) is 0 Å². The van der Waals surface area contributed by atoms with Crippen LogP contribution in [-0.4, -0.2) is 21.3 Å². The van der Waals surface area contributed by atoms with E-state index in [1.807, 2.05) is 24.5 Å². The summed E-state index contributed by atoms with van der Waals surface area (Å²) in [4.78, 5) is 5.88. The molecule has 2 aromatic heterocycles. The van der Waals surface area contributed by atoms with Crippen LogP contribution in [0.2, 0.25) is 0 Å². The molecule has 3 rings (SSSR count). The predicted octanol–water partition coefficient (Wildman–Crippen LogP) is 3.97. The third kappa shape index (κ3) is 2.77. The second kappa shape index (κ2) is 6.24. The molecule has 2 heterocycles. The smallest absolute Gasteiger partial charge is 0.0971 e. The van der Waals surface area contributed by atoms with Crippen LogP contribution in [0.1, 0.15) is 12.0 Å². The van der Waals surface area contributed by atoms with Gasteiger partial charge in [0.2, 0.25) is 0 Å². The van der Waals surface area contributed by atoms with Crippen LogP contribution in [0.4, 0.5) is 0 Å². The second-order valence-electron chi connectivity index (χ2n) is 5.01. The molecular formula is C17H18N2OS. The van der Waals surface area contributed by atoms with Gasteiger partial charge in [0.25, 0.3) is 0 Å². The molecule has 0 fully saturated rings. The van der Waals surface area contributed by atoms with Crippen molar-refractivity contribution in [3.63, 3.8) is 0 Å². The van der Waals surface area contributed by atoms with E-state index in [4.69, 9.17) is 5.11 Å². The van der Waals surface area contributed by atoms with E-state index in [1.54, 1.807) is 11.3 Å². The van der Waals surface area contributed by atoms with Crippen LogP contribution < -0.4 is 0 Å². The molecule has 0 radical (unpaired) electrons. The Balaban J connectivity index is 2.13. The molecule has 0 amide bonds. The van der Waals surface area contributed by atoms with Crippen molar-refractivity contribution in [2.24, 2.45) is 0 Å². The molecule has 1 N–H and O–H groups in total. The highest BCUT2D eigenvalue weighted by Crippen LogP contribution is 2.36. The number of hydrogen-bond acceptors (Lipinski definition) is 3. The molecule has 0 aliphatic rings. The summed E-state index contributed by atoms with van der Waals surface area (Å²) in [6, 6.07) is 12.4. The average molecular weight is 298 g/mol. The van der Waals surface area contributed by atoms with Crippen LogP contribution in [0.5, 0.6) is 0 Å². The van der Waals surface area contributed by atoms with Gasteiger partial charge in [-0.1, -0.05) is 30.3 Å². The number of aryl methyl sites for hydroxylation is 2. The van der Waals surface area contributed by atoms with E-state index >= 15 is 0 Å². The summed E-state index contributed by atoms with van der Waals surface area (Å²) in [5.41, 5.74) is 4.56. The number of aromatic nitrogens is 2. The van der Waals surface area contributed by atoms with Crippen molar-refractivity contribution >= 4 is 11.3 Å². The first kappa shape index (κ1) is 14.0. The zero-order valence-corrected chi connectivity index (χ0v) is 12.8. The molecule has 0 saturated carbocycles. The Kier molecular flexibility index (Phi) is 4.18. The molecule has 0 aliphatic heterocycles. The summed E-state index contributed by atoms with van der Waals surface area (Å²) in [5.74, 6) is 0. The van der Waals surface area contributed by atoms with Gasteiger partial charge in [-0.05, 0) is 30.4 Å². The van der Waals surface area contributed by atoms with Gasteiger partial charge in [-0.3, -0.25) is 0 Å². The van der Waals surface area contributed by atoms with Gasteiger partial charge in [0.15, 0.2) is 0 Å². The fourth-order valence-corrected chi connectivity index (χ4v) is 3.44. The van der Waals surface area contributed by atoms with Gasteiger partial charge in [-0.25, -0.2) is 4.98 Å². The van der Waals surface area contributed by atoms with E-state index in [0.717, 1.165) is 29.9 Å². The first-order chi connectivity index (χ1) is 10.3. The van der Waals surface area contributed by atoms with Crippen molar-refractivity contribution in [3.8, 4) is 21.8 Å². The van der Waals surface area contributed by atoms with Crippen LogP contribution in [-0.2, 0) is 6.54 Å². The Morgan fingerprint density at radius 3 is 2.67 bits per heavy atom. The minimum absolute atomic E-state index is 0.196. The highest BCUT2D eigenvalue weighted by Gasteiger charge is 2.17. The summed E-state index contributed by atoms with van der Waals surface area (Å²) in [6.45, 7) is 3.11. The van der Waals surface area contributed by atoms with Crippen molar-refractivity contribution in [1.29, 1.82) is 0 Å². The van der Waals surface area contributed by atoms with Gasteiger partial charge >= 0.3 is 0 Å². The molecule has 0 spiro atoms. The Hall–Kier alpha value is -1.91. The van der Waals surface area contributed by atoms with Gasteiger partial charge in [0, 0.05) is 18.7 Å². The molecule has 21 heavy (non-hydrogen) atoms. The predicted molar refractivity (Wildman–Crippen MR) is 87.4 cm³/mol. The molecule has 3 aromatic rings. The average Bonchev–Trinajstić information content (AvgIpc) is 3.11. The molecule has 0 atom stereocenters. The normalized spacial score (nSPS) is 11.0. The largest absolute Gasteiger partial charge is 0.396 e. The maximum absolute atomic E-state index is 9.10. The number of nitrogens with zero attached hydrogens (tertiary/aromatic N) is 2. The van der Waals surface area contributed by atoms with Crippen LogP contribution in [0.3, 0.4) is 0 Å². The summed E-state index contributed by atoms with van der Waals surface area (Å²) in [7, 11) is 0. The number of rotatable bonds is 5. The number of aliphatic hydroxyl groups excluding tert-OH is 1. The van der Waals surface area contributed by atoms with Gasteiger partial charge < -0.3 is 9.67 Å². The Labute approximate surface area is 128 Å². The molecule has 0 bridgehead atoms. The first-order valence-electron chi connectivity index (χ1n) is 7.07. The van der Waals surface area contributed by atoms with E-state index in [1.165, 1.54) is 10.4 Å². The maximum Gasteiger partial charge on any atom is 0.0971 e. The second-order valence-corrected chi connectivity index (χ2v) is 5.93. The number of hydrogen-bond donors (Lipinski definition) is 1. The van der Waals surface area contributed by atoms with Gasteiger partial charge in [0.05, 0.1) is 22.6 Å². The molecule has 108 valence electrons. The van der Waals surface area contributed by atoms with Crippen LogP contribution in [0.15, 0.2) is 48.1 Å². The van der Waals surface area contributed by atoms with E-state index in [0.29, 0.717) is 0 Å². The minimum atomic E-state index is 0.196. The van der Waals surface area contributed by atoms with Crippen molar-refractivity contribution in [3.05, 3.63) is 53.7 Å². The van der Waals surface area contributed by atoms with Crippen molar-refractivity contribution in [2.45, 2.75) is 19.9 Å². The summed E-state index contributed by atoms with van der Waals surface area (Å²) in [6.07, 6.45) is 2.62. The third-order valence-electron chi connectivity index (χ3n) is 3.52. The lowest BCUT2D eigenvalue weighted by atomic mass is 10.1. The lowest BCUT2D eigenvalue weighted by molar-refractivity contribution is 0.280. The molecule has 0 unspecified atom stereocenters. The zero-order chi connectivity index (χ0) is 14.7. The SMILES string of the molecule is Cc1ccsc1-c1c(-c2ccccc2)ncn1CCCO. The standard InChI is InChI=1S/C17H18N2OS/c1-13-8-11-21-17(13)16-15(14-6-3-2-4-7-14)18-12-19(16)9-5-10-20/h2-4,6-8,11-12,20H,5,9-10H2,1H3. The Morgan fingerprint density at radius 1 is 1.19 bits per heavy atom. The van der Waals surface area contributed by atoms with E-state index in [2.05, 4.69) is 40.1 Å². The van der Waals surface area contributed by atoms with Crippen molar-refractivity contribution in [2.75, 3.05) is 6.61 Å². The minimum Gasteiger partial charge on any atom is -0.396 e. The number of benzene rings is 1. The summed E-state index contributed by atoms with van der Waals surface area (Å²) >= 11 is 1.74. The molecule has 0 aliphatic carbocycles. The number of imidazole rings is 1. The van der Waals surface area contributed by atoms with Gasteiger partial charge in [-0.15, -0.1) is 11.3 Å². The quantitative estimate of drug-likeness (QED) is 0.774. The van der Waals surface area contributed by atoms with Crippen molar-refractivity contribution < 1.29 is 5.11 Å². The highest BCUT2D eigenvalue weighted by atomic mass is 32.1. The Bertz CT molecular complexity index is 715. The number of thiophene rings is 1. The third-order valence-corrected chi connectivity index (χ3v) is 4.54. The first-order valence-corrected chi connectivity index (χ1v) is 7.95. The summed E-state index contributed by atoms with van der Waals surface area (Å²) in [5, 5.41) is 11.2. The Morgan fingerprint density at radius 2 is 2.00 bits per heavy atom. The van der Waals surface area contributed by atoms with Crippen molar-refractivity contribution in [1.82, 2.24) is 9.55 Å². The monoisotopic (exact) mass is 298 g/mol. The van der Waals surface area contributed by atoms with Crippen LogP contribution >= 0.6 is 11.3 Å². The van der Waals surface area contributed by atoms with E-state index in [-0.39, 0.29) is 6.61 Å². The van der Waals surface area contributed by atoms with E-state index in [9.17, 15) is 0 Å².